The SMILES string of the molecule is C=N/C(=C\C=C(/C)c1cncc(C)c1)NC(=O)CCC(=O)N1CC(C)Cn2nc(C)cc21. The summed E-state index contributed by atoms with van der Waals surface area (Å²) in [6, 6.07) is 3.94. The van der Waals surface area contributed by atoms with Crippen molar-refractivity contribution in [3.8, 4) is 0 Å². The molecule has 1 aliphatic heterocycles. The van der Waals surface area contributed by atoms with Gasteiger partial charge in [0.2, 0.25) is 11.8 Å². The number of nitrogens with zero attached hydrogens (tertiary/aromatic N) is 5. The van der Waals surface area contributed by atoms with Crippen LogP contribution in [-0.2, 0) is 16.1 Å². The number of carbonyl (C=O) groups is 2. The Morgan fingerprint density at radius 2 is 2.00 bits per heavy atom. The Morgan fingerprint density at radius 3 is 2.72 bits per heavy atom. The van der Waals surface area contributed by atoms with Gasteiger partial charge in [0, 0.05) is 44.4 Å². The number of anilines is 1. The van der Waals surface area contributed by atoms with Gasteiger partial charge < -0.3 is 5.32 Å². The van der Waals surface area contributed by atoms with Crippen molar-refractivity contribution < 1.29 is 9.59 Å². The summed E-state index contributed by atoms with van der Waals surface area (Å²) in [5, 5.41) is 7.17. The Morgan fingerprint density at radius 1 is 1.22 bits per heavy atom. The maximum atomic E-state index is 12.8. The lowest BCUT2D eigenvalue weighted by Crippen LogP contribution is -2.41. The first kappa shape index (κ1) is 23.1. The first-order chi connectivity index (χ1) is 15.3. The van der Waals surface area contributed by atoms with E-state index in [4.69, 9.17) is 0 Å². The smallest absolute Gasteiger partial charge is 0.228 e. The first-order valence-corrected chi connectivity index (χ1v) is 10.7. The minimum Gasteiger partial charge on any atom is -0.311 e. The molecule has 3 heterocycles. The summed E-state index contributed by atoms with van der Waals surface area (Å²) in [7, 11) is 0. The largest absolute Gasteiger partial charge is 0.311 e. The molecule has 1 unspecified atom stereocenters. The lowest BCUT2D eigenvalue weighted by Gasteiger charge is -2.31. The summed E-state index contributed by atoms with van der Waals surface area (Å²) in [5.41, 5.74) is 3.92. The van der Waals surface area contributed by atoms with Crippen LogP contribution >= 0.6 is 0 Å². The molecule has 2 aromatic rings. The molecule has 32 heavy (non-hydrogen) atoms. The van der Waals surface area contributed by atoms with Crippen LogP contribution in [0.2, 0.25) is 0 Å². The molecule has 1 atom stereocenters. The maximum Gasteiger partial charge on any atom is 0.228 e. The first-order valence-electron chi connectivity index (χ1n) is 10.7. The fourth-order valence-electron chi connectivity index (χ4n) is 3.64. The van der Waals surface area contributed by atoms with Gasteiger partial charge in [0.15, 0.2) is 0 Å². The molecule has 2 aromatic heterocycles. The monoisotopic (exact) mass is 434 g/mol. The lowest BCUT2D eigenvalue weighted by atomic mass is 10.1. The highest BCUT2D eigenvalue weighted by molar-refractivity contribution is 5.95. The molecular weight excluding hydrogens is 404 g/mol. The summed E-state index contributed by atoms with van der Waals surface area (Å²) in [6.45, 7) is 12.9. The second kappa shape index (κ2) is 10.2. The van der Waals surface area contributed by atoms with Crippen molar-refractivity contribution in [3.63, 3.8) is 0 Å². The number of aliphatic imine (C=N–C) groups is 1. The van der Waals surface area contributed by atoms with E-state index in [9.17, 15) is 9.59 Å². The Kier molecular flexibility index (Phi) is 7.35. The van der Waals surface area contributed by atoms with Gasteiger partial charge in [-0.3, -0.25) is 19.5 Å². The Hall–Kier alpha value is -3.55. The van der Waals surface area contributed by atoms with Gasteiger partial charge in [-0.2, -0.15) is 5.10 Å². The molecule has 8 heteroatoms. The Labute approximate surface area is 188 Å². The van der Waals surface area contributed by atoms with Crippen LogP contribution in [0.25, 0.3) is 5.57 Å². The molecule has 0 radical (unpaired) electrons. The zero-order valence-electron chi connectivity index (χ0n) is 19.1. The van der Waals surface area contributed by atoms with Crippen LogP contribution in [0.5, 0.6) is 0 Å². The minimum absolute atomic E-state index is 0.0637. The zero-order chi connectivity index (χ0) is 23.3. The van der Waals surface area contributed by atoms with Crippen LogP contribution in [0, 0.1) is 19.8 Å². The zero-order valence-corrected chi connectivity index (χ0v) is 19.1. The topological polar surface area (TPSA) is 92.5 Å². The van der Waals surface area contributed by atoms with E-state index in [0.717, 1.165) is 34.8 Å². The fraction of sp³-hybridized carbons (Fsp3) is 0.375. The van der Waals surface area contributed by atoms with Crippen LogP contribution in [0.4, 0.5) is 5.82 Å². The van der Waals surface area contributed by atoms with Gasteiger partial charge in [-0.25, -0.2) is 9.67 Å². The molecular formula is C24H30N6O2. The number of aryl methyl sites for hydroxylation is 2. The third-order valence-corrected chi connectivity index (χ3v) is 5.26. The fourth-order valence-corrected chi connectivity index (χ4v) is 3.64. The lowest BCUT2D eigenvalue weighted by molar-refractivity contribution is -0.125. The summed E-state index contributed by atoms with van der Waals surface area (Å²) in [4.78, 5) is 35.0. The van der Waals surface area contributed by atoms with Gasteiger partial charge in [0.25, 0.3) is 0 Å². The number of rotatable bonds is 7. The van der Waals surface area contributed by atoms with Crippen LogP contribution in [0.3, 0.4) is 0 Å². The van der Waals surface area contributed by atoms with E-state index in [1.54, 1.807) is 23.4 Å². The number of fused-ring (bicyclic) bond motifs is 1. The number of aromatic nitrogens is 3. The maximum absolute atomic E-state index is 12.8. The predicted molar refractivity (Wildman–Crippen MR) is 126 cm³/mol. The van der Waals surface area contributed by atoms with E-state index in [2.05, 4.69) is 34.0 Å². The second-order valence-corrected chi connectivity index (χ2v) is 8.29. The van der Waals surface area contributed by atoms with Crippen LogP contribution in [-0.4, -0.2) is 39.8 Å². The number of hydrogen-bond acceptors (Lipinski definition) is 5. The quantitative estimate of drug-likeness (QED) is 0.534. The summed E-state index contributed by atoms with van der Waals surface area (Å²) >= 11 is 0. The van der Waals surface area contributed by atoms with Gasteiger partial charge in [-0.1, -0.05) is 13.0 Å². The molecule has 8 nitrogen and oxygen atoms in total. The van der Waals surface area contributed by atoms with E-state index in [0.29, 0.717) is 18.3 Å². The van der Waals surface area contributed by atoms with Gasteiger partial charge in [-0.15, -0.1) is 0 Å². The molecule has 2 amide bonds. The highest BCUT2D eigenvalue weighted by atomic mass is 16.2. The van der Waals surface area contributed by atoms with E-state index in [1.165, 1.54) is 0 Å². The molecule has 0 saturated carbocycles. The number of carbonyl (C=O) groups excluding carboxylic acids is 2. The van der Waals surface area contributed by atoms with E-state index < -0.39 is 0 Å². The summed E-state index contributed by atoms with van der Waals surface area (Å²) in [6.07, 6.45) is 7.30. The molecule has 0 spiro atoms. The molecule has 168 valence electrons. The molecule has 1 N–H and O–H groups in total. The van der Waals surface area contributed by atoms with Gasteiger partial charge in [0.1, 0.15) is 11.6 Å². The number of nitrogens with one attached hydrogen (secondary N) is 1. The van der Waals surface area contributed by atoms with E-state index in [1.807, 2.05) is 43.7 Å². The standard InChI is InChI=1S/C24H30N6O2/c1-16-10-20(13-26-12-16)18(3)6-7-21(25-5)27-22(31)8-9-24(32)29-14-17(2)15-30-23(29)11-19(4)28-30/h6-7,10-13,17H,5,8-9,14-15H2,1-4H3,(H,27,31)/b18-6+,21-7+. The average molecular weight is 435 g/mol. The van der Waals surface area contributed by atoms with Crippen molar-refractivity contribution in [1.29, 1.82) is 0 Å². The molecule has 0 saturated heterocycles. The molecule has 0 aromatic carbocycles. The molecule has 0 fully saturated rings. The van der Waals surface area contributed by atoms with Crippen molar-refractivity contribution in [2.45, 2.75) is 47.1 Å². The summed E-state index contributed by atoms with van der Waals surface area (Å²) in [5.74, 6) is 1.06. The summed E-state index contributed by atoms with van der Waals surface area (Å²) < 4.78 is 1.86. The number of allylic oxidation sites excluding steroid dienone is 3. The second-order valence-electron chi connectivity index (χ2n) is 8.29. The molecule has 0 aliphatic carbocycles. The van der Waals surface area contributed by atoms with E-state index in [-0.39, 0.29) is 24.7 Å². The third kappa shape index (κ3) is 5.78. The molecule has 0 bridgehead atoms. The van der Waals surface area contributed by atoms with Gasteiger partial charge >= 0.3 is 0 Å². The minimum atomic E-state index is -0.282. The van der Waals surface area contributed by atoms with E-state index >= 15 is 0 Å². The highest BCUT2D eigenvalue weighted by Gasteiger charge is 2.27. The predicted octanol–water partition coefficient (Wildman–Crippen LogP) is 3.42. The van der Waals surface area contributed by atoms with Crippen molar-refractivity contribution >= 4 is 29.9 Å². The third-order valence-electron chi connectivity index (χ3n) is 5.26. The Balaban J connectivity index is 1.58. The number of amides is 2. The Bertz CT molecular complexity index is 1080. The highest BCUT2D eigenvalue weighted by Crippen LogP contribution is 2.25. The van der Waals surface area contributed by atoms with Crippen molar-refractivity contribution in [2.24, 2.45) is 10.9 Å². The number of pyridine rings is 1. The average Bonchev–Trinajstić information content (AvgIpc) is 3.13. The van der Waals surface area contributed by atoms with Crippen molar-refractivity contribution in [2.75, 3.05) is 11.4 Å². The molecule has 1 aliphatic rings. The van der Waals surface area contributed by atoms with Gasteiger partial charge in [0.05, 0.1) is 5.69 Å². The molecule has 3 rings (SSSR count). The van der Waals surface area contributed by atoms with Crippen molar-refractivity contribution in [1.82, 2.24) is 20.1 Å². The van der Waals surface area contributed by atoms with Gasteiger partial charge in [-0.05, 0) is 62.2 Å². The van der Waals surface area contributed by atoms with Crippen LogP contribution in [0.15, 0.2) is 47.5 Å². The van der Waals surface area contributed by atoms with Crippen molar-refractivity contribution in [3.05, 3.63) is 59.3 Å². The number of hydrogen-bond donors (Lipinski definition) is 1. The van der Waals surface area contributed by atoms with Crippen LogP contribution in [0.1, 0.15) is 43.5 Å². The normalized spacial score (nSPS) is 16.5. The van der Waals surface area contributed by atoms with Crippen LogP contribution < -0.4 is 10.2 Å².